The monoisotopic (exact) mass is 292 g/mol. The van der Waals surface area contributed by atoms with Gasteiger partial charge in [0.2, 0.25) is 0 Å². The van der Waals surface area contributed by atoms with Crippen LogP contribution in [0, 0.1) is 6.92 Å². The number of nitrogens with one attached hydrogen (secondary N) is 2. The van der Waals surface area contributed by atoms with Crippen LogP contribution >= 0.6 is 0 Å². The van der Waals surface area contributed by atoms with E-state index < -0.39 is 10.0 Å². The standard InChI is InChI=1S/C10H20N4O4S/c1-8-9(7-11)10(14-13-8)19(15,16)12-3-4-18-6-5-17-2/h12H,3-7,11H2,1-2H3,(H,13,14). The first-order valence-electron chi connectivity index (χ1n) is 5.83. The van der Waals surface area contributed by atoms with E-state index in [-0.39, 0.29) is 24.7 Å². The molecule has 0 radical (unpaired) electrons. The highest BCUT2D eigenvalue weighted by molar-refractivity contribution is 7.89. The first-order valence-corrected chi connectivity index (χ1v) is 7.31. The van der Waals surface area contributed by atoms with Crippen LogP contribution in [0.2, 0.25) is 0 Å². The van der Waals surface area contributed by atoms with Crippen molar-refractivity contribution in [3.63, 3.8) is 0 Å². The molecule has 8 nitrogen and oxygen atoms in total. The molecule has 0 unspecified atom stereocenters. The molecule has 110 valence electrons. The second-order valence-corrected chi connectivity index (χ2v) is 5.52. The molecule has 0 saturated heterocycles. The Bertz CT molecular complexity index is 486. The quantitative estimate of drug-likeness (QED) is 0.508. The fourth-order valence-corrected chi connectivity index (χ4v) is 2.67. The average molecular weight is 292 g/mol. The van der Waals surface area contributed by atoms with E-state index in [0.717, 1.165) is 0 Å². The maximum atomic E-state index is 12.0. The summed E-state index contributed by atoms with van der Waals surface area (Å²) < 4.78 is 36.3. The van der Waals surface area contributed by atoms with Gasteiger partial charge in [-0.25, -0.2) is 13.1 Å². The lowest BCUT2D eigenvalue weighted by Gasteiger charge is -2.06. The number of H-pyrrole nitrogens is 1. The number of hydrogen-bond acceptors (Lipinski definition) is 6. The zero-order valence-electron chi connectivity index (χ0n) is 11.1. The Balaban J connectivity index is 2.52. The maximum Gasteiger partial charge on any atom is 0.260 e. The van der Waals surface area contributed by atoms with Crippen LogP contribution in [0.5, 0.6) is 0 Å². The number of methoxy groups -OCH3 is 1. The molecule has 0 saturated carbocycles. The zero-order valence-corrected chi connectivity index (χ0v) is 11.9. The number of ether oxygens (including phenoxy) is 2. The van der Waals surface area contributed by atoms with Crippen molar-refractivity contribution < 1.29 is 17.9 Å². The van der Waals surface area contributed by atoms with E-state index in [9.17, 15) is 8.42 Å². The van der Waals surface area contributed by atoms with Crippen LogP contribution in [0.3, 0.4) is 0 Å². The van der Waals surface area contributed by atoms with Crippen LogP contribution in [-0.4, -0.2) is 52.1 Å². The van der Waals surface area contributed by atoms with E-state index in [4.69, 9.17) is 15.2 Å². The van der Waals surface area contributed by atoms with Gasteiger partial charge >= 0.3 is 0 Å². The van der Waals surface area contributed by atoms with Gasteiger partial charge in [-0.1, -0.05) is 0 Å². The summed E-state index contributed by atoms with van der Waals surface area (Å²) in [7, 11) is -2.09. The van der Waals surface area contributed by atoms with Crippen LogP contribution in [0.4, 0.5) is 0 Å². The Morgan fingerprint density at radius 1 is 1.37 bits per heavy atom. The van der Waals surface area contributed by atoms with Gasteiger partial charge in [0, 0.05) is 31.5 Å². The van der Waals surface area contributed by atoms with E-state index in [1.807, 2.05) is 0 Å². The molecular weight excluding hydrogens is 272 g/mol. The SMILES string of the molecule is COCCOCCNS(=O)(=O)c1n[nH]c(C)c1CN. The number of hydrogen-bond donors (Lipinski definition) is 3. The third-order valence-electron chi connectivity index (χ3n) is 2.46. The molecule has 0 spiro atoms. The van der Waals surface area contributed by atoms with Gasteiger partial charge in [-0.2, -0.15) is 5.10 Å². The number of aryl methyl sites for hydroxylation is 1. The fraction of sp³-hybridized carbons (Fsp3) is 0.700. The number of nitrogens with zero attached hydrogens (tertiary/aromatic N) is 1. The molecule has 4 N–H and O–H groups in total. The highest BCUT2D eigenvalue weighted by Gasteiger charge is 2.22. The van der Waals surface area contributed by atoms with Gasteiger partial charge in [-0.05, 0) is 6.92 Å². The van der Waals surface area contributed by atoms with Gasteiger partial charge in [0.25, 0.3) is 10.0 Å². The van der Waals surface area contributed by atoms with Gasteiger partial charge in [0.1, 0.15) is 0 Å². The first-order chi connectivity index (χ1) is 9.03. The fourth-order valence-electron chi connectivity index (χ4n) is 1.45. The van der Waals surface area contributed by atoms with E-state index in [2.05, 4.69) is 14.9 Å². The Kier molecular flexibility index (Phi) is 6.38. The second kappa shape index (κ2) is 7.56. The number of sulfonamides is 1. The van der Waals surface area contributed by atoms with Crippen molar-refractivity contribution in [3.8, 4) is 0 Å². The molecule has 1 heterocycles. The van der Waals surface area contributed by atoms with Gasteiger partial charge in [0.05, 0.1) is 19.8 Å². The molecule has 0 amide bonds. The molecule has 0 aromatic carbocycles. The normalized spacial score (nSPS) is 11.9. The van der Waals surface area contributed by atoms with Gasteiger partial charge in [0.15, 0.2) is 5.03 Å². The predicted octanol–water partition coefficient (Wildman–Crippen LogP) is -0.882. The lowest BCUT2D eigenvalue weighted by molar-refractivity contribution is 0.0736. The van der Waals surface area contributed by atoms with Crippen LogP contribution in [-0.2, 0) is 26.0 Å². The third kappa shape index (κ3) is 4.55. The largest absolute Gasteiger partial charge is 0.382 e. The van der Waals surface area contributed by atoms with E-state index >= 15 is 0 Å². The van der Waals surface area contributed by atoms with Crippen molar-refractivity contribution in [3.05, 3.63) is 11.3 Å². The highest BCUT2D eigenvalue weighted by Crippen LogP contribution is 2.14. The van der Waals surface area contributed by atoms with Crippen LogP contribution < -0.4 is 10.5 Å². The van der Waals surface area contributed by atoms with Crippen LogP contribution in [0.15, 0.2) is 5.03 Å². The summed E-state index contributed by atoms with van der Waals surface area (Å²) in [5.74, 6) is 0. The first kappa shape index (κ1) is 16.1. The Morgan fingerprint density at radius 3 is 2.74 bits per heavy atom. The van der Waals surface area contributed by atoms with E-state index in [0.29, 0.717) is 24.5 Å². The molecule has 1 rings (SSSR count). The Hall–Kier alpha value is -1.00. The molecule has 19 heavy (non-hydrogen) atoms. The lowest BCUT2D eigenvalue weighted by Crippen LogP contribution is -2.29. The number of rotatable bonds is 9. The van der Waals surface area contributed by atoms with Gasteiger partial charge in [-0.3, -0.25) is 5.10 Å². The summed E-state index contributed by atoms with van der Waals surface area (Å²) in [5.41, 5.74) is 6.66. The molecule has 0 fully saturated rings. The second-order valence-electron chi connectivity index (χ2n) is 3.84. The minimum Gasteiger partial charge on any atom is -0.382 e. The third-order valence-corrected chi connectivity index (χ3v) is 3.90. The smallest absolute Gasteiger partial charge is 0.260 e. The summed E-state index contributed by atoms with van der Waals surface area (Å²) in [4.78, 5) is 0. The average Bonchev–Trinajstić information content (AvgIpc) is 2.75. The molecule has 0 atom stereocenters. The molecule has 0 aliphatic rings. The summed E-state index contributed by atoms with van der Waals surface area (Å²) in [6, 6.07) is 0. The predicted molar refractivity (Wildman–Crippen MR) is 69.1 cm³/mol. The van der Waals surface area contributed by atoms with Gasteiger partial charge in [-0.15, -0.1) is 0 Å². The number of aromatic nitrogens is 2. The molecule has 0 bridgehead atoms. The Labute approximate surface area is 112 Å². The summed E-state index contributed by atoms with van der Waals surface area (Å²) >= 11 is 0. The van der Waals surface area contributed by atoms with Crippen LogP contribution in [0.1, 0.15) is 11.3 Å². The molecule has 0 aliphatic carbocycles. The molecule has 9 heteroatoms. The van der Waals surface area contributed by atoms with Crippen molar-refractivity contribution in [2.45, 2.75) is 18.5 Å². The Morgan fingerprint density at radius 2 is 2.11 bits per heavy atom. The molecule has 0 aliphatic heterocycles. The van der Waals surface area contributed by atoms with Crippen molar-refractivity contribution in [2.75, 3.05) is 33.5 Å². The van der Waals surface area contributed by atoms with Crippen molar-refractivity contribution in [2.24, 2.45) is 5.73 Å². The van der Waals surface area contributed by atoms with Crippen molar-refractivity contribution in [1.82, 2.24) is 14.9 Å². The summed E-state index contributed by atoms with van der Waals surface area (Å²) in [5, 5.41) is 6.33. The molecule has 1 aromatic rings. The molecule has 1 aromatic heterocycles. The van der Waals surface area contributed by atoms with Crippen LogP contribution in [0.25, 0.3) is 0 Å². The number of aromatic amines is 1. The zero-order chi connectivity index (χ0) is 14.3. The lowest BCUT2D eigenvalue weighted by atomic mass is 10.3. The summed E-state index contributed by atoms with van der Waals surface area (Å²) in [6.07, 6.45) is 0. The highest BCUT2D eigenvalue weighted by atomic mass is 32.2. The minimum absolute atomic E-state index is 0.0515. The van der Waals surface area contributed by atoms with Crippen molar-refractivity contribution >= 4 is 10.0 Å². The number of nitrogens with two attached hydrogens (primary N) is 1. The van der Waals surface area contributed by atoms with Crippen molar-refractivity contribution in [1.29, 1.82) is 0 Å². The topological polar surface area (TPSA) is 119 Å². The minimum atomic E-state index is -3.66. The van der Waals surface area contributed by atoms with E-state index in [1.165, 1.54) is 0 Å². The summed E-state index contributed by atoms with van der Waals surface area (Å²) in [6.45, 7) is 3.17. The molecular formula is C10H20N4O4S. The maximum absolute atomic E-state index is 12.0. The van der Waals surface area contributed by atoms with Gasteiger partial charge < -0.3 is 15.2 Å². The van der Waals surface area contributed by atoms with E-state index in [1.54, 1.807) is 14.0 Å².